The molecule has 0 aliphatic carbocycles. The number of carbonyl (C=O) groups excluding carboxylic acids is 1. The van der Waals surface area contributed by atoms with Gasteiger partial charge in [-0.1, -0.05) is 11.6 Å². The maximum atomic E-state index is 13.2. The van der Waals surface area contributed by atoms with E-state index in [4.69, 9.17) is 11.6 Å². The number of nitrogens with one attached hydrogen (secondary N) is 1. The molecule has 1 aromatic heterocycles. The van der Waals surface area contributed by atoms with Crippen LogP contribution in [0.5, 0.6) is 0 Å². The van der Waals surface area contributed by atoms with Crippen LogP contribution in [0, 0.1) is 5.82 Å². The molecule has 2 heterocycles. The number of anilines is 1. The van der Waals surface area contributed by atoms with Crippen molar-refractivity contribution >= 4 is 23.2 Å². The van der Waals surface area contributed by atoms with Crippen LogP contribution >= 0.6 is 11.6 Å². The minimum atomic E-state index is -0.424. The van der Waals surface area contributed by atoms with Gasteiger partial charge in [0.1, 0.15) is 18.5 Å². The summed E-state index contributed by atoms with van der Waals surface area (Å²) in [6, 6.07) is 4.77. The molecule has 1 amide bonds. The third kappa shape index (κ3) is 3.98. The molecule has 1 unspecified atom stereocenters. The van der Waals surface area contributed by atoms with Crippen LogP contribution in [-0.4, -0.2) is 39.8 Å². The molecule has 1 saturated heterocycles. The Labute approximate surface area is 138 Å². The van der Waals surface area contributed by atoms with Gasteiger partial charge in [-0.2, -0.15) is 5.10 Å². The Kier molecular flexibility index (Phi) is 4.76. The summed E-state index contributed by atoms with van der Waals surface area (Å²) in [6.07, 6.45) is 4.25. The summed E-state index contributed by atoms with van der Waals surface area (Å²) in [7, 11) is 0. The molecule has 6 nitrogen and oxygen atoms in total. The van der Waals surface area contributed by atoms with Gasteiger partial charge in [-0.25, -0.2) is 9.37 Å². The molecule has 1 aliphatic heterocycles. The van der Waals surface area contributed by atoms with E-state index in [-0.39, 0.29) is 17.0 Å². The maximum Gasteiger partial charge on any atom is 0.222 e. The Balaban J connectivity index is 1.49. The van der Waals surface area contributed by atoms with Crippen molar-refractivity contribution in [1.82, 2.24) is 20.1 Å². The molecule has 3 rings (SSSR count). The van der Waals surface area contributed by atoms with Crippen molar-refractivity contribution in [2.45, 2.75) is 25.4 Å². The number of aryl methyl sites for hydroxylation is 1. The minimum Gasteiger partial charge on any atom is -0.369 e. The second-order valence-electron chi connectivity index (χ2n) is 5.51. The van der Waals surface area contributed by atoms with Crippen molar-refractivity contribution in [3.05, 3.63) is 41.7 Å². The fourth-order valence-corrected chi connectivity index (χ4v) is 2.83. The van der Waals surface area contributed by atoms with Gasteiger partial charge in [-0.15, -0.1) is 0 Å². The first-order valence-corrected chi connectivity index (χ1v) is 7.81. The largest absolute Gasteiger partial charge is 0.369 e. The van der Waals surface area contributed by atoms with Crippen LogP contribution in [0.1, 0.15) is 12.8 Å². The van der Waals surface area contributed by atoms with Crippen molar-refractivity contribution in [3.63, 3.8) is 0 Å². The first-order valence-electron chi connectivity index (χ1n) is 7.43. The molecule has 1 atom stereocenters. The van der Waals surface area contributed by atoms with E-state index in [9.17, 15) is 9.18 Å². The monoisotopic (exact) mass is 337 g/mol. The molecule has 8 heteroatoms. The fraction of sp³-hybridized carbons (Fsp3) is 0.400. The lowest BCUT2D eigenvalue weighted by Crippen LogP contribution is -2.37. The Morgan fingerprint density at radius 2 is 2.35 bits per heavy atom. The SMILES string of the molecule is O=C(CCn1cncn1)NC1CCN(c2ccc(F)c(Cl)c2)C1. The van der Waals surface area contributed by atoms with Gasteiger partial charge in [0.05, 0.1) is 11.6 Å². The molecule has 1 fully saturated rings. The molecule has 122 valence electrons. The molecule has 2 aromatic rings. The van der Waals surface area contributed by atoms with Gasteiger partial charge in [0, 0.05) is 31.2 Å². The smallest absolute Gasteiger partial charge is 0.222 e. The standard InChI is InChI=1S/C15H17ClFN5O/c16-13-7-12(1-2-14(13)17)21-5-3-11(8-21)20-15(23)4-6-22-10-18-9-19-22/h1-2,7,9-11H,3-6,8H2,(H,20,23). The quantitative estimate of drug-likeness (QED) is 0.904. The molecule has 1 aliphatic rings. The first-order chi connectivity index (χ1) is 11.1. The van der Waals surface area contributed by atoms with Crippen LogP contribution in [-0.2, 0) is 11.3 Å². The summed E-state index contributed by atoms with van der Waals surface area (Å²) < 4.78 is 14.8. The van der Waals surface area contributed by atoms with Gasteiger partial charge >= 0.3 is 0 Å². The number of rotatable bonds is 5. The Hall–Kier alpha value is -2.15. The van der Waals surface area contributed by atoms with Crippen molar-refractivity contribution in [2.24, 2.45) is 0 Å². The van der Waals surface area contributed by atoms with Crippen molar-refractivity contribution in [3.8, 4) is 0 Å². The highest BCUT2D eigenvalue weighted by Gasteiger charge is 2.24. The highest BCUT2D eigenvalue weighted by atomic mass is 35.5. The predicted octanol–water partition coefficient (Wildman–Crippen LogP) is 1.86. The molecule has 1 N–H and O–H groups in total. The van der Waals surface area contributed by atoms with E-state index < -0.39 is 5.82 Å². The molecule has 0 radical (unpaired) electrons. The summed E-state index contributed by atoms with van der Waals surface area (Å²) in [5.41, 5.74) is 0.871. The molecular formula is C15H17ClFN5O. The summed E-state index contributed by atoms with van der Waals surface area (Å²) >= 11 is 5.82. The average molecular weight is 338 g/mol. The van der Waals surface area contributed by atoms with Crippen LogP contribution in [0.2, 0.25) is 5.02 Å². The number of hydrogen-bond donors (Lipinski definition) is 1. The number of carbonyl (C=O) groups is 1. The summed E-state index contributed by atoms with van der Waals surface area (Å²) in [6.45, 7) is 2.00. The van der Waals surface area contributed by atoms with E-state index >= 15 is 0 Å². The first kappa shape index (κ1) is 15.7. The highest BCUT2D eigenvalue weighted by molar-refractivity contribution is 6.31. The second-order valence-corrected chi connectivity index (χ2v) is 5.91. The number of aromatic nitrogens is 3. The third-order valence-electron chi connectivity index (χ3n) is 3.86. The summed E-state index contributed by atoms with van der Waals surface area (Å²) in [4.78, 5) is 17.9. The molecule has 23 heavy (non-hydrogen) atoms. The molecule has 0 bridgehead atoms. The average Bonchev–Trinajstić information content (AvgIpc) is 3.19. The zero-order valence-electron chi connectivity index (χ0n) is 12.5. The minimum absolute atomic E-state index is 0.00973. The number of amides is 1. The van der Waals surface area contributed by atoms with E-state index in [0.29, 0.717) is 19.5 Å². The van der Waals surface area contributed by atoms with Crippen molar-refractivity contribution < 1.29 is 9.18 Å². The van der Waals surface area contributed by atoms with Crippen molar-refractivity contribution in [1.29, 1.82) is 0 Å². The van der Waals surface area contributed by atoms with E-state index in [1.807, 2.05) is 0 Å². The lowest BCUT2D eigenvalue weighted by Gasteiger charge is -2.19. The number of halogens is 2. The van der Waals surface area contributed by atoms with Crippen LogP contribution in [0.4, 0.5) is 10.1 Å². The lowest BCUT2D eigenvalue weighted by molar-refractivity contribution is -0.121. The second kappa shape index (κ2) is 6.95. The van der Waals surface area contributed by atoms with Crippen molar-refractivity contribution in [2.75, 3.05) is 18.0 Å². The highest BCUT2D eigenvalue weighted by Crippen LogP contribution is 2.25. The summed E-state index contributed by atoms with van der Waals surface area (Å²) in [5.74, 6) is -0.433. The molecule has 1 aromatic carbocycles. The van der Waals surface area contributed by atoms with Gasteiger partial charge in [0.15, 0.2) is 0 Å². The van der Waals surface area contributed by atoms with Crippen LogP contribution < -0.4 is 10.2 Å². The van der Waals surface area contributed by atoms with Gasteiger partial charge < -0.3 is 10.2 Å². The maximum absolute atomic E-state index is 13.2. The van der Waals surface area contributed by atoms with E-state index in [0.717, 1.165) is 18.7 Å². The van der Waals surface area contributed by atoms with Crippen LogP contribution in [0.15, 0.2) is 30.9 Å². The predicted molar refractivity (Wildman–Crippen MR) is 84.8 cm³/mol. The topological polar surface area (TPSA) is 63.1 Å². The van der Waals surface area contributed by atoms with E-state index in [2.05, 4.69) is 20.3 Å². The van der Waals surface area contributed by atoms with Crippen LogP contribution in [0.25, 0.3) is 0 Å². The Bertz CT molecular complexity index is 679. The molecule has 0 saturated carbocycles. The Morgan fingerprint density at radius 1 is 1.48 bits per heavy atom. The lowest BCUT2D eigenvalue weighted by atomic mass is 10.2. The zero-order valence-corrected chi connectivity index (χ0v) is 13.2. The fourth-order valence-electron chi connectivity index (χ4n) is 2.66. The number of benzene rings is 1. The number of nitrogens with zero attached hydrogens (tertiary/aromatic N) is 4. The number of hydrogen-bond acceptors (Lipinski definition) is 4. The molecule has 0 spiro atoms. The molecular weight excluding hydrogens is 321 g/mol. The zero-order chi connectivity index (χ0) is 16.2. The van der Waals surface area contributed by atoms with Gasteiger partial charge in [0.2, 0.25) is 5.91 Å². The third-order valence-corrected chi connectivity index (χ3v) is 4.15. The van der Waals surface area contributed by atoms with Gasteiger partial charge in [-0.05, 0) is 24.6 Å². The Morgan fingerprint density at radius 3 is 3.09 bits per heavy atom. The van der Waals surface area contributed by atoms with E-state index in [1.54, 1.807) is 23.1 Å². The van der Waals surface area contributed by atoms with Gasteiger partial charge in [0.25, 0.3) is 0 Å². The summed E-state index contributed by atoms with van der Waals surface area (Å²) in [5, 5.41) is 7.09. The normalized spacial score (nSPS) is 17.5. The van der Waals surface area contributed by atoms with Gasteiger partial charge in [-0.3, -0.25) is 9.48 Å². The van der Waals surface area contributed by atoms with E-state index in [1.165, 1.54) is 12.4 Å². The van der Waals surface area contributed by atoms with Crippen LogP contribution in [0.3, 0.4) is 0 Å².